The highest BCUT2D eigenvalue weighted by atomic mass is 35.5. The molecule has 23 heavy (non-hydrogen) atoms. The van der Waals surface area contributed by atoms with E-state index in [0.717, 1.165) is 0 Å². The molecule has 0 aliphatic carbocycles. The van der Waals surface area contributed by atoms with Crippen molar-refractivity contribution in [1.82, 2.24) is 24.9 Å². The van der Waals surface area contributed by atoms with Gasteiger partial charge < -0.3 is 4.74 Å². The zero-order valence-corrected chi connectivity index (χ0v) is 14.4. The summed E-state index contributed by atoms with van der Waals surface area (Å²) in [5, 5.41) is -0.157. The molecule has 1 unspecified atom stereocenters. The lowest BCUT2D eigenvalue weighted by Gasteiger charge is -2.23. The molecule has 1 aliphatic heterocycles. The second-order valence-electron chi connectivity index (χ2n) is 4.47. The third-order valence-electron chi connectivity index (χ3n) is 3.01. The summed E-state index contributed by atoms with van der Waals surface area (Å²) < 4.78 is 5.04. The Labute approximate surface area is 145 Å². The minimum atomic E-state index is -0.518. The van der Waals surface area contributed by atoms with Crippen LogP contribution in [-0.2, 0) is 4.79 Å². The first-order valence-corrected chi connectivity index (χ1v) is 8.18. The Morgan fingerprint density at radius 1 is 1.26 bits per heavy atom. The van der Waals surface area contributed by atoms with Gasteiger partial charge in [0, 0.05) is 0 Å². The summed E-state index contributed by atoms with van der Waals surface area (Å²) in [5.74, 6) is 0.657. The smallest absolute Gasteiger partial charge is 0.321 e. The van der Waals surface area contributed by atoms with Crippen LogP contribution in [0.25, 0.3) is 0 Å². The van der Waals surface area contributed by atoms with E-state index in [1.807, 2.05) is 0 Å². The quantitative estimate of drug-likeness (QED) is 0.755. The maximum atomic E-state index is 12.3. The maximum absolute atomic E-state index is 12.3. The van der Waals surface area contributed by atoms with Crippen LogP contribution in [0.15, 0.2) is 6.33 Å². The predicted molar refractivity (Wildman–Crippen MR) is 85.9 cm³/mol. The normalized spacial score (nSPS) is 17.7. The number of nitrogens with zero attached hydrogens (tertiary/aromatic N) is 6. The van der Waals surface area contributed by atoms with Gasteiger partial charge in [-0.1, -0.05) is 23.2 Å². The average molecular weight is 373 g/mol. The first kappa shape index (κ1) is 16.2. The number of thioether (sulfide) groups is 1. The molecule has 1 fully saturated rings. The van der Waals surface area contributed by atoms with Gasteiger partial charge in [-0.15, -0.1) is 11.8 Å². The van der Waals surface area contributed by atoms with Crippen LogP contribution in [0.5, 0.6) is 6.01 Å². The molecule has 2 aromatic heterocycles. The van der Waals surface area contributed by atoms with Crippen LogP contribution in [0.2, 0.25) is 10.3 Å². The van der Waals surface area contributed by atoms with Crippen molar-refractivity contribution >= 4 is 46.8 Å². The molecule has 3 heterocycles. The van der Waals surface area contributed by atoms with Crippen molar-refractivity contribution < 1.29 is 9.53 Å². The van der Waals surface area contributed by atoms with Gasteiger partial charge in [0.05, 0.1) is 18.4 Å². The lowest BCUT2D eigenvalue weighted by Crippen LogP contribution is -2.30. The summed E-state index contributed by atoms with van der Waals surface area (Å²) in [6, 6.07) is 0.123. The van der Waals surface area contributed by atoms with Gasteiger partial charge in [0.25, 0.3) is 0 Å². The molecule has 1 atom stereocenters. The molecule has 0 bridgehead atoms. The number of carbonyl (C=O) groups excluding carboxylic acids is 1. The number of halogens is 2. The molecule has 0 radical (unpaired) electrons. The molecule has 2 aromatic rings. The Morgan fingerprint density at radius 2 is 1.96 bits per heavy atom. The second-order valence-corrected chi connectivity index (χ2v) is 6.25. The average Bonchev–Trinajstić information content (AvgIpc) is 2.88. The molecule has 0 saturated carbocycles. The predicted octanol–water partition coefficient (Wildman–Crippen LogP) is 2.06. The van der Waals surface area contributed by atoms with Crippen molar-refractivity contribution in [3.63, 3.8) is 0 Å². The molecule has 3 rings (SSSR count). The Hall–Kier alpha value is -1.71. The van der Waals surface area contributed by atoms with Gasteiger partial charge in [-0.2, -0.15) is 15.0 Å². The summed E-state index contributed by atoms with van der Waals surface area (Å²) in [6.07, 6.45) is 1.26. The summed E-state index contributed by atoms with van der Waals surface area (Å²) in [5.41, 5.74) is 0.448. The van der Waals surface area contributed by atoms with Crippen LogP contribution in [-0.4, -0.2) is 43.7 Å². The SMILES string of the molecule is COc1nc(C)nc(N2C(=O)CSC2c2c(Cl)ncnc2Cl)n1. The van der Waals surface area contributed by atoms with E-state index in [9.17, 15) is 4.79 Å². The maximum Gasteiger partial charge on any atom is 0.321 e. The third-order valence-corrected chi connectivity index (χ3v) is 4.79. The molecule has 8 nitrogen and oxygen atoms in total. The van der Waals surface area contributed by atoms with Gasteiger partial charge in [-0.3, -0.25) is 9.69 Å². The summed E-state index contributed by atoms with van der Waals surface area (Å²) >= 11 is 13.6. The number of rotatable bonds is 3. The minimum absolute atomic E-state index is 0.123. The molecular weight excluding hydrogens is 363 g/mol. The van der Waals surface area contributed by atoms with Crippen LogP contribution in [0.1, 0.15) is 16.8 Å². The molecule has 120 valence electrons. The van der Waals surface area contributed by atoms with Gasteiger partial charge in [-0.05, 0) is 6.92 Å². The van der Waals surface area contributed by atoms with E-state index in [2.05, 4.69) is 24.9 Å². The number of anilines is 1. The molecular formula is C12H10Cl2N6O2S. The molecule has 1 amide bonds. The topological polar surface area (TPSA) is 94.0 Å². The van der Waals surface area contributed by atoms with Crippen LogP contribution in [0.3, 0.4) is 0 Å². The number of aryl methyl sites for hydroxylation is 1. The molecule has 1 aliphatic rings. The van der Waals surface area contributed by atoms with Crippen LogP contribution in [0.4, 0.5) is 5.95 Å². The van der Waals surface area contributed by atoms with Crippen LogP contribution in [0, 0.1) is 6.92 Å². The van der Waals surface area contributed by atoms with Gasteiger partial charge in [0.2, 0.25) is 11.9 Å². The van der Waals surface area contributed by atoms with Crippen LogP contribution < -0.4 is 9.64 Å². The Kier molecular flexibility index (Phi) is 4.51. The van der Waals surface area contributed by atoms with E-state index in [4.69, 9.17) is 27.9 Å². The first-order valence-electron chi connectivity index (χ1n) is 6.37. The lowest BCUT2D eigenvalue weighted by atomic mass is 10.3. The molecule has 0 aromatic carbocycles. The minimum Gasteiger partial charge on any atom is -0.467 e. The Balaban J connectivity index is 2.09. The zero-order valence-electron chi connectivity index (χ0n) is 12.0. The number of hydrogen-bond donors (Lipinski definition) is 0. The molecule has 0 N–H and O–H groups in total. The summed E-state index contributed by atoms with van der Waals surface area (Å²) in [7, 11) is 1.44. The van der Waals surface area contributed by atoms with Crippen molar-refractivity contribution in [2.24, 2.45) is 0 Å². The number of amides is 1. The number of aromatic nitrogens is 5. The van der Waals surface area contributed by atoms with E-state index in [0.29, 0.717) is 11.4 Å². The van der Waals surface area contributed by atoms with E-state index >= 15 is 0 Å². The van der Waals surface area contributed by atoms with E-state index in [-0.39, 0.29) is 33.9 Å². The van der Waals surface area contributed by atoms with Crippen molar-refractivity contribution in [2.75, 3.05) is 17.8 Å². The first-order chi connectivity index (χ1) is 11.0. The van der Waals surface area contributed by atoms with E-state index in [1.165, 1.54) is 30.1 Å². The fraction of sp³-hybridized carbons (Fsp3) is 0.333. The van der Waals surface area contributed by atoms with Gasteiger partial charge in [0.1, 0.15) is 27.8 Å². The largest absolute Gasteiger partial charge is 0.467 e. The van der Waals surface area contributed by atoms with Gasteiger partial charge in [0.15, 0.2) is 0 Å². The highest BCUT2D eigenvalue weighted by Gasteiger charge is 2.39. The highest BCUT2D eigenvalue weighted by Crippen LogP contribution is 2.44. The second kappa shape index (κ2) is 6.42. The highest BCUT2D eigenvalue weighted by molar-refractivity contribution is 8.00. The fourth-order valence-electron chi connectivity index (χ4n) is 2.05. The van der Waals surface area contributed by atoms with E-state index < -0.39 is 5.37 Å². The number of carbonyl (C=O) groups is 1. The Bertz CT molecular complexity index is 757. The molecule has 0 spiro atoms. The van der Waals surface area contributed by atoms with Crippen LogP contribution >= 0.6 is 35.0 Å². The van der Waals surface area contributed by atoms with Crippen molar-refractivity contribution in [2.45, 2.75) is 12.3 Å². The number of ether oxygens (including phenoxy) is 1. The lowest BCUT2D eigenvalue weighted by molar-refractivity contribution is -0.115. The Morgan fingerprint density at radius 3 is 2.61 bits per heavy atom. The number of hydrogen-bond acceptors (Lipinski definition) is 8. The van der Waals surface area contributed by atoms with Gasteiger partial charge in [-0.25, -0.2) is 9.97 Å². The zero-order chi connectivity index (χ0) is 16.6. The van der Waals surface area contributed by atoms with Gasteiger partial charge >= 0.3 is 6.01 Å². The molecule has 11 heteroatoms. The van der Waals surface area contributed by atoms with Crippen molar-refractivity contribution in [1.29, 1.82) is 0 Å². The fourth-order valence-corrected chi connectivity index (χ4v) is 3.90. The number of methoxy groups -OCH3 is 1. The summed E-state index contributed by atoms with van der Waals surface area (Å²) in [6.45, 7) is 1.68. The monoisotopic (exact) mass is 372 g/mol. The third kappa shape index (κ3) is 3.04. The van der Waals surface area contributed by atoms with Crippen molar-refractivity contribution in [3.8, 4) is 6.01 Å². The molecule has 1 saturated heterocycles. The van der Waals surface area contributed by atoms with Crippen molar-refractivity contribution in [3.05, 3.63) is 28.0 Å². The standard InChI is InChI=1S/C12H10Cl2N6O2S/c1-5-17-11(19-12(18-5)22-2)20-6(21)3-23-10(20)7-8(13)15-4-16-9(7)14/h4,10H,3H2,1-2H3. The van der Waals surface area contributed by atoms with E-state index in [1.54, 1.807) is 6.92 Å². The summed E-state index contributed by atoms with van der Waals surface area (Å²) in [4.78, 5) is 34.0.